The van der Waals surface area contributed by atoms with Crippen LogP contribution in [0.2, 0.25) is 0 Å². The Balaban J connectivity index is 2.38. The van der Waals surface area contributed by atoms with Crippen LogP contribution in [0, 0.1) is 0 Å². The van der Waals surface area contributed by atoms with Crippen LogP contribution in [0.1, 0.15) is 194 Å². The number of unbranched alkanes of at least 4 members (excludes halogenated alkanes) is 25. The van der Waals surface area contributed by atoms with E-state index in [0.717, 1.165) is 50.3 Å². The molecule has 0 saturated carbocycles. The lowest BCUT2D eigenvalue weighted by molar-refractivity contribution is 0.319. The SMILES string of the molecule is CCCCCCCCCCCCCCCCCCCCC=C(CCCCCCCCCC)n1c(O)cc(S(=O)(=O)CCO)c1O. The van der Waals surface area contributed by atoms with E-state index in [1.807, 2.05) is 0 Å². The Bertz CT molecular complexity index is 969. The van der Waals surface area contributed by atoms with Gasteiger partial charge in [-0.25, -0.2) is 8.42 Å². The van der Waals surface area contributed by atoms with Gasteiger partial charge in [-0.15, -0.1) is 0 Å². The molecule has 0 radical (unpaired) electrons. The first-order chi connectivity index (χ1) is 21.9. The molecule has 45 heavy (non-hydrogen) atoms. The van der Waals surface area contributed by atoms with E-state index in [1.165, 1.54) is 139 Å². The molecule has 0 aromatic carbocycles. The molecule has 1 heterocycles. The zero-order valence-electron chi connectivity index (χ0n) is 29.4. The highest BCUT2D eigenvalue weighted by molar-refractivity contribution is 7.91. The van der Waals surface area contributed by atoms with Gasteiger partial charge in [0.15, 0.2) is 15.7 Å². The van der Waals surface area contributed by atoms with Crippen LogP contribution in [0.3, 0.4) is 0 Å². The molecule has 1 rings (SSSR count). The molecule has 0 fully saturated rings. The molecule has 0 atom stereocenters. The van der Waals surface area contributed by atoms with Gasteiger partial charge < -0.3 is 15.3 Å². The average Bonchev–Trinajstić information content (AvgIpc) is 3.32. The van der Waals surface area contributed by atoms with E-state index in [0.29, 0.717) is 6.42 Å². The third-order valence-corrected chi connectivity index (χ3v) is 10.8. The number of rotatable bonds is 32. The summed E-state index contributed by atoms with van der Waals surface area (Å²) in [6.45, 7) is 3.97. The molecule has 0 unspecified atom stereocenters. The van der Waals surface area contributed by atoms with Crippen LogP contribution in [-0.4, -0.2) is 40.7 Å². The van der Waals surface area contributed by atoms with Gasteiger partial charge in [0.1, 0.15) is 4.90 Å². The molecule has 6 nitrogen and oxygen atoms in total. The van der Waals surface area contributed by atoms with E-state index in [-0.39, 0.29) is 10.8 Å². The third kappa shape index (κ3) is 19.7. The molecule has 0 aliphatic rings. The summed E-state index contributed by atoms with van der Waals surface area (Å²) in [5, 5.41) is 30.6. The van der Waals surface area contributed by atoms with Crippen molar-refractivity contribution in [1.82, 2.24) is 4.57 Å². The standard InChI is InChI=1S/C38H71NO5S/c1-3-5-7-9-11-13-14-15-16-17-18-19-20-21-22-23-25-27-29-31-35(30-28-26-24-12-10-8-6-4-2)39-37(41)34-36(38(39)42)45(43,44)33-32-40/h31,34,40-42H,3-30,32-33H2,1-2H3. The Morgan fingerprint density at radius 1 is 0.622 bits per heavy atom. The molecule has 0 aliphatic heterocycles. The molecule has 0 amide bonds. The van der Waals surface area contributed by atoms with E-state index in [4.69, 9.17) is 5.11 Å². The number of allylic oxidation sites excluding steroid dienone is 2. The summed E-state index contributed by atoms with van der Waals surface area (Å²) in [6, 6.07) is 1.11. The number of hydrogen-bond donors (Lipinski definition) is 3. The van der Waals surface area contributed by atoms with Crippen molar-refractivity contribution in [3.05, 3.63) is 12.1 Å². The second kappa shape index (κ2) is 27.6. The fourth-order valence-corrected chi connectivity index (χ4v) is 7.38. The Morgan fingerprint density at radius 2 is 1.00 bits per heavy atom. The van der Waals surface area contributed by atoms with E-state index in [9.17, 15) is 18.6 Å². The zero-order chi connectivity index (χ0) is 33.0. The summed E-state index contributed by atoms with van der Waals surface area (Å²) in [5.41, 5.74) is 0.758. The summed E-state index contributed by atoms with van der Waals surface area (Å²) in [5.74, 6) is -1.21. The van der Waals surface area contributed by atoms with Gasteiger partial charge in [-0.1, -0.05) is 174 Å². The molecule has 0 bridgehead atoms. The molecule has 0 aliphatic carbocycles. The molecule has 0 saturated heterocycles. The van der Waals surface area contributed by atoms with Gasteiger partial charge in [-0.2, -0.15) is 0 Å². The highest BCUT2D eigenvalue weighted by atomic mass is 32.2. The van der Waals surface area contributed by atoms with E-state index in [2.05, 4.69) is 19.9 Å². The highest BCUT2D eigenvalue weighted by Crippen LogP contribution is 2.37. The Kier molecular flexibility index (Phi) is 25.5. The molecule has 1 aromatic heterocycles. The number of aliphatic hydroxyl groups is 1. The monoisotopic (exact) mass is 654 g/mol. The predicted octanol–water partition coefficient (Wildman–Crippen LogP) is 11.5. The Hall–Kier alpha value is -1.47. The summed E-state index contributed by atoms with van der Waals surface area (Å²) in [6.07, 6.45) is 37.2. The maximum absolute atomic E-state index is 12.5. The van der Waals surface area contributed by atoms with Crippen LogP contribution in [-0.2, 0) is 9.84 Å². The first-order valence-electron chi connectivity index (χ1n) is 19.1. The highest BCUT2D eigenvalue weighted by Gasteiger charge is 2.26. The van der Waals surface area contributed by atoms with Crippen molar-refractivity contribution in [2.24, 2.45) is 0 Å². The van der Waals surface area contributed by atoms with Crippen molar-refractivity contribution in [2.45, 2.75) is 199 Å². The molecule has 264 valence electrons. The molecule has 3 N–H and O–H groups in total. The fourth-order valence-electron chi connectivity index (χ4n) is 6.27. The topological polar surface area (TPSA) is 99.8 Å². The predicted molar refractivity (Wildman–Crippen MR) is 192 cm³/mol. The van der Waals surface area contributed by atoms with Crippen LogP contribution in [0.5, 0.6) is 11.8 Å². The average molecular weight is 654 g/mol. The maximum atomic E-state index is 12.5. The Morgan fingerprint density at radius 3 is 1.40 bits per heavy atom. The van der Waals surface area contributed by atoms with Gasteiger partial charge in [-0.3, -0.25) is 4.57 Å². The lowest BCUT2D eigenvalue weighted by Gasteiger charge is -2.13. The summed E-state index contributed by atoms with van der Waals surface area (Å²) >= 11 is 0. The van der Waals surface area contributed by atoms with Crippen molar-refractivity contribution >= 4 is 15.5 Å². The minimum atomic E-state index is -3.88. The van der Waals surface area contributed by atoms with Crippen molar-refractivity contribution in [2.75, 3.05) is 12.4 Å². The van der Waals surface area contributed by atoms with Crippen molar-refractivity contribution < 1.29 is 23.7 Å². The Labute approximate surface area is 278 Å². The summed E-state index contributed by atoms with van der Waals surface area (Å²) in [7, 11) is -3.88. The number of nitrogens with zero attached hydrogens (tertiary/aromatic N) is 1. The van der Waals surface area contributed by atoms with Crippen LogP contribution in [0.4, 0.5) is 0 Å². The van der Waals surface area contributed by atoms with Crippen LogP contribution in [0.15, 0.2) is 17.0 Å². The van der Waals surface area contributed by atoms with Gasteiger partial charge in [-0.05, 0) is 25.7 Å². The summed E-state index contributed by atoms with van der Waals surface area (Å²) < 4.78 is 26.3. The van der Waals surface area contributed by atoms with Crippen LogP contribution in [0.25, 0.3) is 5.70 Å². The van der Waals surface area contributed by atoms with E-state index < -0.39 is 28.1 Å². The quantitative estimate of drug-likeness (QED) is 0.0672. The number of aliphatic hydroxyl groups excluding tert-OH is 1. The van der Waals surface area contributed by atoms with Gasteiger partial charge in [0.2, 0.25) is 5.88 Å². The lowest BCUT2D eigenvalue weighted by atomic mass is 10.0. The zero-order valence-corrected chi connectivity index (χ0v) is 30.2. The third-order valence-electron chi connectivity index (χ3n) is 9.13. The van der Waals surface area contributed by atoms with Crippen LogP contribution < -0.4 is 0 Å². The van der Waals surface area contributed by atoms with Crippen molar-refractivity contribution in [3.63, 3.8) is 0 Å². The molecular weight excluding hydrogens is 582 g/mol. The fraction of sp³-hybridized carbons (Fsp3) is 0.842. The molecule has 0 spiro atoms. The van der Waals surface area contributed by atoms with E-state index in [1.54, 1.807) is 0 Å². The van der Waals surface area contributed by atoms with Crippen molar-refractivity contribution in [1.29, 1.82) is 0 Å². The molecular formula is C38H71NO5S. The first-order valence-corrected chi connectivity index (χ1v) is 20.7. The van der Waals surface area contributed by atoms with E-state index >= 15 is 0 Å². The number of aromatic nitrogens is 1. The largest absolute Gasteiger partial charge is 0.494 e. The van der Waals surface area contributed by atoms with Crippen molar-refractivity contribution in [3.8, 4) is 11.8 Å². The second-order valence-electron chi connectivity index (χ2n) is 13.3. The molecule has 1 aromatic rings. The van der Waals surface area contributed by atoms with Crippen LogP contribution >= 0.6 is 0 Å². The van der Waals surface area contributed by atoms with Gasteiger partial charge in [0.25, 0.3) is 0 Å². The van der Waals surface area contributed by atoms with Gasteiger partial charge in [0.05, 0.1) is 12.4 Å². The lowest BCUT2D eigenvalue weighted by Crippen LogP contribution is -2.09. The van der Waals surface area contributed by atoms with Gasteiger partial charge in [0, 0.05) is 11.8 Å². The van der Waals surface area contributed by atoms with Gasteiger partial charge >= 0.3 is 0 Å². The number of aromatic hydroxyl groups is 2. The number of hydrogen-bond acceptors (Lipinski definition) is 5. The summed E-state index contributed by atoms with van der Waals surface area (Å²) in [4.78, 5) is -0.316. The number of sulfone groups is 1. The maximum Gasteiger partial charge on any atom is 0.217 e. The first kappa shape index (κ1) is 41.6. The molecule has 7 heteroatoms. The normalized spacial score (nSPS) is 12.4. The second-order valence-corrected chi connectivity index (χ2v) is 15.4. The minimum Gasteiger partial charge on any atom is -0.494 e. The minimum absolute atomic E-state index is 0.271. The smallest absolute Gasteiger partial charge is 0.217 e.